The highest BCUT2D eigenvalue weighted by Gasteiger charge is 2.10. The van der Waals surface area contributed by atoms with Crippen LogP contribution in [0.4, 0.5) is 4.39 Å². The second-order valence-electron chi connectivity index (χ2n) is 3.94. The first-order valence-electron chi connectivity index (χ1n) is 5.53. The Balaban J connectivity index is 2.48. The van der Waals surface area contributed by atoms with E-state index in [1.165, 1.54) is 12.1 Å². The molecule has 0 spiro atoms. The maximum atomic E-state index is 12.9. The molecular formula is C14H15FN2. The van der Waals surface area contributed by atoms with Crippen LogP contribution in [0, 0.1) is 5.82 Å². The standard InChI is InChI=1S/C14H15FN2/c15-11-7-5-10(6-8-11)12-3-1-2-4-13(12)14(17)9-16/h1-8,14H,9,16-17H2. The molecule has 3 heteroatoms. The maximum Gasteiger partial charge on any atom is 0.123 e. The van der Waals surface area contributed by atoms with Crippen molar-refractivity contribution in [1.82, 2.24) is 0 Å². The summed E-state index contributed by atoms with van der Waals surface area (Å²) in [7, 11) is 0. The first-order valence-corrected chi connectivity index (χ1v) is 5.53. The molecule has 0 aliphatic rings. The third-order valence-electron chi connectivity index (χ3n) is 2.77. The fourth-order valence-electron chi connectivity index (χ4n) is 1.84. The van der Waals surface area contributed by atoms with Gasteiger partial charge in [-0.1, -0.05) is 36.4 Å². The molecule has 88 valence electrons. The van der Waals surface area contributed by atoms with Crippen LogP contribution in [0.3, 0.4) is 0 Å². The van der Waals surface area contributed by atoms with Gasteiger partial charge in [0.2, 0.25) is 0 Å². The van der Waals surface area contributed by atoms with Gasteiger partial charge in [0.05, 0.1) is 0 Å². The van der Waals surface area contributed by atoms with Gasteiger partial charge in [-0.2, -0.15) is 0 Å². The van der Waals surface area contributed by atoms with Crippen LogP contribution in [0.2, 0.25) is 0 Å². The minimum absolute atomic E-state index is 0.198. The minimum Gasteiger partial charge on any atom is -0.329 e. The zero-order chi connectivity index (χ0) is 12.3. The van der Waals surface area contributed by atoms with Crippen molar-refractivity contribution in [3.05, 3.63) is 59.9 Å². The molecule has 0 amide bonds. The fraction of sp³-hybridized carbons (Fsp3) is 0.143. The summed E-state index contributed by atoms with van der Waals surface area (Å²) in [5.41, 5.74) is 14.5. The summed E-state index contributed by atoms with van der Waals surface area (Å²) < 4.78 is 12.9. The summed E-state index contributed by atoms with van der Waals surface area (Å²) in [5.74, 6) is -0.241. The van der Waals surface area contributed by atoms with Crippen molar-refractivity contribution in [2.24, 2.45) is 11.5 Å². The summed E-state index contributed by atoms with van der Waals surface area (Å²) in [6.45, 7) is 0.387. The van der Waals surface area contributed by atoms with E-state index in [4.69, 9.17) is 11.5 Å². The SMILES string of the molecule is NCC(N)c1ccccc1-c1ccc(F)cc1. The van der Waals surface area contributed by atoms with Crippen molar-refractivity contribution in [3.8, 4) is 11.1 Å². The Kier molecular flexibility index (Phi) is 3.52. The van der Waals surface area contributed by atoms with Crippen molar-refractivity contribution >= 4 is 0 Å². The minimum atomic E-state index is -0.241. The molecule has 0 aliphatic heterocycles. The Morgan fingerprint density at radius 3 is 2.29 bits per heavy atom. The van der Waals surface area contributed by atoms with E-state index in [0.717, 1.165) is 16.7 Å². The molecule has 0 fully saturated rings. The summed E-state index contributed by atoms with van der Waals surface area (Å²) >= 11 is 0. The molecule has 0 saturated carbocycles. The van der Waals surface area contributed by atoms with Gasteiger partial charge in [0.25, 0.3) is 0 Å². The van der Waals surface area contributed by atoms with Crippen LogP contribution in [0.25, 0.3) is 11.1 Å². The van der Waals surface area contributed by atoms with E-state index in [2.05, 4.69) is 0 Å². The molecule has 2 rings (SSSR count). The Labute approximate surface area is 100 Å². The molecule has 0 aromatic heterocycles. The molecule has 2 nitrogen and oxygen atoms in total. The number of rotatable bonds is 3. The summed E-state index contributed by atoms with van der Waals surface area (Å²) in [4.78, 5) is 0. The zero-order valence-corrected chi connectivity index (χ0v) is 9.44. The molecule has 2 aromatic carbocycles. The van der Waals surface area contributed by atoms with E-state index in [1.54, 1.807) is 12.1 Å². The van der Waals surface area contributed by atoms with Gasteiger partial charge in [-0.05, 0) is 28.8 Å². The molecular weight excluding hydrogens is 215 g/mol. The number of halogens is 1. The van der Waals surface area contributed by atoms with Gasteiger partial charge in [0.15, 0.2) is 0 Å². The normalized spacial score (nSPS) is 12.4. The van der Waals surface area contributed by atoms with E-state index in [0.29, 0.717) is 6.54 Å². The zero-order valence-electron chi connectivity index (χ0n) is 9.44. The van der Waals surface area contributed by atoms with Crippen LogP contribution in [-0.2, 0) is 0 Å². The largest absolute Gasteiger partial charge is 0.329 e. The van der Waals surface area contributed by atoms with E-state index in [1.807, 2.05) is 24.3 Å². The number of hydrogen-bond donors (Lipinski definition) is 2. The molecule has 1 atom stereocenters. The highest BCUT2D eigenvalue weighted by atomic mass is 19.1. The summed E-state index contributed by atoms with van der Waals surface area (Å²) in [5, 5.41) is 0. The lowest BCUT2D eigenvalue weighted by molar-refractivity contribution is 0.628. The Hall–Kier alpha value is -1.71. The summed E-state index contributed by atoms with van der Waals surface area (Å²) in [6.07, 6.45) is 0. The molecule has 2 aromatic rings. The lowest BCUT2D eigenvalue weighted by Gasteiger charge is -2.14. The average molecular weight is 230 g/mol. The van der Waals surface area contributed by atoms with Crippen LogP contribution in [0.5, 0.6) is 0 Å². The smallest absolute Gasteiger partial charge is 0.123 e. The van der Waals surface area contributed by atoms with Crippen molar-refractivity contribution in [1.29, 1.82) is 0 Å². The van der Waals surface area contributed by atoms with Gasteiger partial charge < -0.3 is 11.5 Å². The van der Waals surface area contributed by atoms with Gasteiger partial charge in [-0.25, -0.2) is 4.39 Å². The fourth-order valence-corrected chi connectivity index (χ4v) is 1.84. The number of benzene rings is 2. The second kappa shape index (κ2) is 5.08. The molecule has 0 heterocycles. The predicted octanol–water partition coefficient (Wildman–Crippen LogP) is 2.45. The quantitative estimate of drug-likeness (QED) is 0.851. The van der Waals surface area contributed by atoms with Crippen molar-refractivity contribution in [2.75, 3.05) is 6.54 Å². The monoisotopic (exact) mass is 230 g/mol. The lowest BCUT2D eigenvalue weighted by atomic mass is 9.95. The van der Waals surface area contributed by atoms with Crippen molar-refractivity contribution in [3.63, 3.8) is 0 Å². The van der Waals surface area contributed by atoms with E-state index in [-0.39, 0.29) is 11.9 Å². The van der Waals surface area contributed by atoms with Gasteiger partial charge in [0.1, 0.15) is 5.82 Å². The topological polar surface area (TPSA) is 52.0 Å². The highest BCUT2D eigenvalue weighted by Crippen LogP contribution is 2.26. The Morgan fingerprint density at radius 2 is 1.65 bits per heavy atom. The van der Waals surface area contributed by atoms with E-state index < -0.39 is 0 Å². The van der Waals surface area contributed by atoms with E-state index >= 15 is 0 Å². The predicted molar refractivity (Wildman–Crippen MR) is 67.8 cm³/mol. The highest BCUT2D eigenvalue weighted by molar-refractivity contribution is 5.67. The third kappa shape index (κ3) is 2.52. The van der Waals surface area contributed by atoms with Crippen LogP contribution < -0.4 is 11.5 Å². The van der Waals surface area contributed by atoms with Gasteiger partial charge in [-0.15, -0.1) is 0 Å². The Morgan fingerprint density at radius 1 is 1.00 bits per heavy atom. The van der Waals surface area contributed by atoms with Gasteiger partial charge in [0, 0.05) is 12.6 Å². The Bertz CT molecular complexity index is 494. The van der Waals surface area contributed by atoms with Crippen LogP contribution >= 0.6 is 0 Å². The van der Waals surface area contributed by atoms with Crippen LogP contribution in [0.15, 0.2) is 48.5 Å². The first kappa shape index (κ1) is 11.8. The van der Waals surface area contributed by atoms with Crippen molar-refractivity contribution in [2.45, 2.75) is 6.04 Å². The molecule has 0 bridgehead atoms. The first-order chi connectivity index (χ1) is 8.22. The van der Waals surface area contributed by atoms with E-state index in [9.17, 15) is 4.39 Å². The van der Waals surface area contributed by atoms with Gasteiger partial charge in [-0.3, -0.25) is 0 Å². The number of nitrogens with two attached hydrogens (primary N) is 2. The molecule has 0 radical (unpaired) electrons. The third-order valence-corrected chi connectivity index (χ3v) is 2.77. The van der Waals surface area contributed by atoms with Crippen LogP contribution in [-0.4, -0.2) is 6.54 Å². The lowest BCUT2D eigenvalue weighted by Crippen LogP contribution is -2.21. The maximum absolute atomic E-state index is 12.9. The van der Waals surface area contributed by atoms with Crippen LogP contribution in [0.1, 0.15) is 11.6 Å². The van der Waals surface area contributed by atoms with Gasteiger partial charge >= 0.3 is 0 Å². The molecule has 17 heavy (non-hydrogen) atoms. The second-order valence-corrected chi connectivity index (χ2v) is 3.94. The molecule has 1 unspecified atom stereocenters. The average Bonchev–Trinajstić information content (AvgIpc) is 2.39. The molecule has 0 aliphatic carbocycles. The molecule has 0 saturated heterocycles. The number of hydrogen-bond acceptors (Lipinski definition) is 2. The summed E-state index contributed by atoms with van der Waals surface area (Å²) in [6, 6.07) is 14.0. The van der Waals surface area contributed by atoms with Crippen molar-refractivity contribution < 1.29 is 4.39 Å². The molecule has 4 N–H and O–H groups in total.